The fraction of sp³-hybridized carbons (Fsp3) is 0.462. The van der Waals surface area contributed by atoms with Gasteiger partial charge in [-0.2, -0.15) is 0 Å². The third-order valence-corrected chi connectivity index (χ3v) is 2.99. The van der Waals surface area contributed by atoms with Crippen molar-refractivity contribution in [3.05, 3.63) is 35.4 Å². The molecule has 3 nitrogen and oxygen atoms in total. The van der Waals surface area contributed by atoms with E-state index in [4.69, 9.17) is 0 Å². The summed E-state index contributed by atoms with van der Waals surface area (Å²) in [6.45, 7) is 8.34. The number of aromatic carboxylic acids is 1. The minimum Gasteiger partial charge on any atom is -0.545 e. The Hall–Kier alpha value is -1.35. The van der Waals surface area contributed by atoms with E-state index in [1.165, 1.54) is 0 Å². The molecule has 0 radical (unpaired) electrons. The van der Waals surface area contributed by atoms with Crippen LogP contribution in [0.25, 0.3) is 0 Å². The van der Waals surface area contributed by atoms with Gasteiger partial charge in [-0.15, -0.1) is 0 Å². The molecule has 0 aliphatic heterocycles. The van der Waals surface area contributed by atoms with Crippen molar-refractivity contribution < 1.29 is 9.90 Å². The van der Waals surface area contributed by atoms with Crippen LogP contribution in [0.5, 0.6) is 0 Å². The quantitative estimate of drug-likeness (QED) is 0.754. The molecule has 0 saturated heterocycles. The first kappa shape index (κ1) is 12.7. The number of rotatable bonds is 5. The number of carboxylic acid groups (broad SMARTS) is 1. The minimum absolute atomic E-state index is 0.232. The van der Waals surface area contributed by atoms with Crippen molar-refractivity contribution >= 4 is 5.97 Å². The van der Waals surface area contributed by atoms with Crippen LogP contribution in [0.1, 0.15) is 42.7 Å². The Morgan fingerprint density at radius 2 is 1.75 bits per heavy atom. The summed E-state index contributed by atoms with van der Waals surface area (Å²) in [6, 6.07) is 7.23. The molecule has 0 spiro atoms. The van der Waals surface area contributed by atoms with Gasteiger partial charge in [0, 0.05) is 6.04 Å². The molecule has 0 fully saturated rings. The number of carbonyl (C=O) groups excluding carboxylic acids is 1. The maximum atomic E-state index is 10.6. The molecule has 88 valence electrons. The van der Waals surface area contributed by atoms with E-state index >= 15 is 0 Å². The standard InChI is InChI=1S/C13H19NO2/c1-4-14(5-2)10(3)11-6-8-12(9-7-11)13(15)16/h6-10H,4-5H2,1-3H3,(H,15,16)/p-1. The molecule has 0 N–H and O–H groups in total. The zero-order chi connectivity index (χ0) is 12.1. The first-order valence-corrected chi connectivity index (χ1v) is 5.65. The maximum Gasteiger partial charge on any atom is 0.0715 e. The van der Waals surface area contributed by atoms with Gasteiger partial charge in [-0.05, 0) is 31.1 Å². The van der Waals surface area contributed by atoms with Gasteiger partial charge in [0.15, 0.2) is 0 Å². The summed E-state index contributed by atoms with van der Waals surface area (Å²) >= 11 is 0. The van der Waals surface area contributed by atoms with E-state index in [1.807, 2.05) is 12.1 Å². The predicted molar refractivity (Wildman–Crippen MR) is 62.1 cm³/mol. The van der Waals surface area contributed by atoms with E-state index < -0.39 is 5.97 Å². The van der Waals surface area contributed by atoms with Crippen molar-refractivity contribution in [2.75, 3.05) is 13.1 Å². The van der Waals surface area contributed by atoms with Crippen LogP contribution in [0, 0.1) is 0 Å². The fourth-order valence-corrected chi connectivity index (χ4v) is 1.88. The second kappa shape index (κ2) is 5.66. The van der Waals surface area contributed by atoms with E-state index in [1.54, 1.807) is 12.1 Å². The Bertz CT molecular complexity index is 341. The highest BCUT2D eigenvalue weighted by molar-refractivity contribution is 5.85. The summed E-state index contributed by atoms with van der Waals surface area (Å²) < 4.78 is 0. The molecule has 1 atom stereocenters. The summed E-state index contributed by atoms with van der Waals surface area (Å²) in [6.07, 6.45) is 0. The molecule has 0 aliphatic carbocycles. The van der Waals surface area contributed by atoms with Crippen molar-refractivity contribution in [3.8, 4) is 0 Å². The second-order valence-electron chi connectivity index (χ2n) is 3.81. The minimum atomic E-state index is -1.12. The molecule has 0 amide bonds. The zero-order valence-corrected chi connectivity index (χ0v) is 10.1. The third-order valence-electron chi connectivity index (χ3n) is 2.99. The summed E-state index contributed by atoms with van der Waals surface area (Å²) in [5.74, 6) is -1.12. The Morgan fingerprint density at radius 1 is 1.25 bits per heavy atom. The summed E-state index contributed by atoms with van der Waals surface area (Å²) in [4.78, 5) is 12.9. The Labute approximate surface area is 96.7 Å². The van der Waals surface area contributed by atoms with E-state index in [2.05, 4.69) is 25.7 Å². The van der Waals surface area contributed by atoms with E-state index in [9.17, 15) is 9.90 Å². The molecule has 0 aliphatic rings. The van der Waals surface area contributed by atoms with Crippen LogP contribution in [0.3, 0.4) is 0 Å². The van der Waals surface area contributed by atoms with E-state index in [-0.39, 0.29) is 5.56 Å². The SMILES string of the molecule is CCN(CC)C(C)c1ccc(C(=O)[O-])cc1. The Morgan fingerprint density at radius 3 is 2.12 bits per heavy atom. The van der Waals surface area contributed by atoms with Gasteiger partial charge >= 0.3 is 0 Å². The van der Waals surface area contributed by atoms with Gasteiger partial charge in [0.1, 0.15) is 0 Å². The lowest BCUT2D eigenvalue weighted by Gasteiger charge is -2.26. The molecule has 1 unspecified atom stereocenters. The number of hydrogen-bond acceptors (Lipinski definition) is 3. The monoisotopic (exact) mass is 220 g/mol. The number of carbonyl (C=O) groups is 1. The lowest BCUT2D eigenvalue weighted by atomic mass is 10.0. The van der Waals surface area contributed by atoms with Crippen LogP contribution in [0.4, 0.5) is 0 Å². The number of benzene rings is 1. The van der Waals surface area contributed by atoms with Crippen molar-refractivity contribution in [1.82, 2.24) is 4.90 Å². The molecule has 0 heterocycles. The summed E-state index contributed by atoms with van der Waals surface area (Å²) in [5.41, 5.74) is 1.36. The highest BCUT2D eigenvalue weighted by atomic mass is 16.4. The molecule has 0 aromatic heterocycles. The number of nitrogens with zero attached hydrogens (tertiary/aromatic N) is 1. The van der Waals surface area contributed by atoms with Crippen molar-refractivity contribution in [1.29, 1.82) is 0 Å². The smallest absolute Gasteiger partial charge is 0.0715 e. The first-order chi connectivity index (χ1) is 7.60. The molecule has 16 heavy (non-hydrogen) atoms. The summed E-state index contributed by atoms with van der Waals surface area (Å²) in [7, 11) is 0. The Kier molecular flexibility index (Phi) is 4.50. The molecule has 0 saturated carbocycles. The highest BCUT2D eigenvalue weighted by Crippen LogP contribution is 2.19. The molecular weight excluding hydrogens is 202 g/mol. The van der Waals surface area contributed by atoms with Crippen LogP contribution in [-0.4, -0.2) is 24.0 Å². The van der Waals surface area contributed by atoms with Gasteiger partial charge in [-0.25, -0.2) is 0 Å². The maximum absolute atomic E-state index is 10.6. The molecule has 1 aromatic rings. The van der Waals surface area contributed by atoms with Gasteiger partial charge in [0.2, 0.25) is 0 Å². The zero-order valence-electron chi connectivity index (χ0n) is 10.1. The normalized spacial score (nSPS) is 12.8. The lowest BCUT2D eigenvalue weighted by molar-refractivity contribution is -0.255. The molecular formula is C13H18NO2-. The third kappa shape index (κ3) is 2.83. The first-order valence-electron chi connectivity index (χ1n) is 5.65. The molecule has 1 aromatic carbocycles. The number of hydrogen-bond donors (Lipinski definition) is 0. The fourth-order valence-electron chi connectivity index (χ4n) is 1.88. The van der Waals surface area contributed by atoms with Gasteiger partial charge in [-0.3, -0.25) is 4.90 Å². The van der Waals surface area contributed by atoms with Crippen molar-refractivity contribution in [2.45, 2.75) is 26.8 Å². The van der Waals surface area contributed by atoms with Crippen LogP contribution in [-0.2, 0) is 0 Å². The molecule has 0 bridgehead atoms. The predicted octanol–water partition coefficient (Wildman–Crippen LogP) is 1.45. The van der Waals surface area contributed by atoms with Gasteiger partial charge < -0.3 is 9.90 Å². The summed E-state index contributed by atoms with van der Waals surface area (Å²) in [5, 5.41) is 10.6. The average Bonchev–Trinajstić information content (AvgIpc) is 2.30. The van der Waals surface area contributed by atoms with E-state index in [0.717, 1.165) is 18.7 Å². The van der Waals surface area contributed by atoms with Crippen LogP contribution >= 0.6 is 0 Å². The second-order valence-corrected chi connectivity index (χ2v) is 3.81. The van der Waals surface area contributed by atoms with Crippen LogP contribution < -0.4 is 5.11 Å². The molecule has 3 heteroatoms. The van der Waals surface area contributed by atoms with Crippen molar-refractivity contribution in [3.63, 3.8) is 0 Å². The average molecular weight is 220 g/mol. The van der Waals surface area contributed by atoms with E-state index in [0.29, 0.717) is 6.04 Å². The van der Waals surface area contributed by atoms with Crippen molar-refractivity contribution in [2.24, 2.45) is 0 Å². The highest BCUT2D eigenvalue weighted by Gasteiger charge is 2.11. The molecule has 1 rings (SSSR count). The topological polar surface area (TPSA) is 43.4 Å². The lowest BCUT2D eigenvalue weighted by Crippen LogP contribution is -2.26. The number of carboxylic acids is 1. The van der Waals surface area contributed by atoms with Gasteiger partial charge in [0.25, 0.3) is 0 Å². The van der Waals surface area contributed by atoms with Crippen LogP contribution in [0.15, 0.2) is 24.3 Å². The largest absolute Gasteiger partial charge is 0.545 e. The van der Waals surface area contributed by atoms with Crippen LogP contribution in [0.2, 0.25) is 0 Å². The van der Waals surface area contributed by atoms with Gasteiger partial charge in [-0.1, -0.05) is 38.1 Å². The van der Waals surface area contributed by atoms with Gasteiger partial charge in [0.05, 0.1) is 5.97 Å². The Balaban J connectivity index is 2.84.